The number of rotatable bonds is 6. The van der Waals surface area contributed by atoms with Crippen molar-refractivity contribution in [3.63, 3.8) is 0 Å². The van der Waals surface area contributed by atoms with Crippen LogP contribution in [0.15, 0.2) is 22.4 Å². The summed E-state index contributed by atoms with van der Waals surface area (Å²) in [6.45, 7) is 1.82. The molecule has 0 radical (unpaired) electrons. The summed E-state index contributed by atoms with van der Waals surface area (Å²) in [5.41, 5.74) is -4.90. The molecule has 0 aliphatic carbocycles. The lowest BCUT2D eigenvalue weighted by Crippen LogP contribution is -2.54. The average Bonchev–Trinajstić information content (AvgIpc) is 2.58. The molecule has 166 valence electrons. The molecule has 0 aromatic rings. The van der Waals surface area contributed by atoms with Crippen molar-refractivity contribution in [2.45, 2.75) is 38.7 Å². The van der Waals surface area contributed by atoms with Gasteiger partial charge in [0, 0.05) is 7.11 Å². The van der Waals surface area contributed by atoms with Gasteiger partial charge >= 0.3 is 24.3 Å². The number of hydrogen-bond acceptors (Lipinski definition) is 6. The van der Waals surface area contributed by atoms with Crippen LogP contribution in [0.1, 0.15) is 20.3 Å². The first-order valence-electron chi connectivity index (χ1n) is 8.26. The van der Waals surface area contributed by atoms with Gasteiger partial charge in [-0.25, -0.2) is 9.59 Å². The fraction of sp³-hybridized carbons (Fsp3) is 0.647. The molecule has 0 spiro atoms. The maximum Gasteiger partial charge on any atom is 0.432 e. The summed E-state index contributed by atoms with van der Waals surface area (Å²) in [5.74, 6) is -3.54. The van der Waals surface area contributed by atoms with Crippen LogP contribution < -0.4 is 0 Å². The van der Waals surface area contributed by atoms with Crippen LogP contribution in [-0.2, 0) is 23.8 Å². The topological polar surface area (TPSA) is 65.1 Å². The number of allylic oxidation sites excluding steroid dienone is 1. The van der Waals surface area contributed by atoms with Crippen LogP contribution in [0.25, 0.3) is 0 Å². The minimum Gasteiger partial charge on any atom is -0.466 e. The highest BCUT2D eigenvalue weighted by Gasteiger charge is 2.58. The van der Waals surface area contributed by atoms with Crippen molar-refractivity contribution in [2.24, 2.45) is 5.92 Å². The summed E-state index contributed by atoms with van der Waals surface area (Å²) < 4.78 is 96.7. The fourth-order valence-corrected chi connectivity index (χ4v) is 3.08. The smallest absolute Gasteiger partial charge is 0.432 e. The molecule has 1 aliphatic heterocycles. The van der Waals surface area contributed by atoms with E-state index < -0.39 is 71.8 Å². The third-order valence-corrected chi connectivity index (χ3v) is 3.99. The predicted molar refractivity (Wildman–Crippen MR) is 87.2 cm³/mol. The molecular formula is C17H21F6NO5. The van der Waals surface area contributed by atoms with Gasteiger partial charge in [-0.15, -0.1) is 0 Å². The van der Waals surface area contributed by atoms with E-state index in [1.54, 1.807) is 0 Å². The molecule has 0 aromatic carbocycles. The van der Waals surface area contributed by atoms with Crippen LogP contribution in [0.4, 0.5) is 26.3 Å². The highest BCUT2D eigenvalue weighted by molar-refractivity contribution is 6.01. The Kier molecular flexibility index (Phi) is 7.74. The second-order valence-corrected chi connectivity index (χ2v) is 6.53. The van der Waals surface area contributed by atoms with Gasteiger partial charge in [0.2, 0.25) is 0 Å². The van der Waals surface area contributed by atoms with E-state index in [9.17, 15) is 35.9 Å². The Balaban J connectivity index is 4.16. The largest absolute Gasteiger partial charge is 0.466 e. The van der Waals surface area contributed by atoms with Gasteiger partial charge in [0.25, 0.3) is 0 Å². The first kappa shape index (κ1) is 24.8. The van der Waals surface area contributed by atoms with Crippen molar-refractivity contribution in [1.82, 2.24) is 4.90 Å². The summed E-state index contributed by atoms with van der Waals surface area (Å²) in [5, 5.41) is 0. The highest BCUT2D eigenvalue weighted by atomic mass is 19.4. The van der Waals surface area contributed by atoms with Crippen molar-refractivity contribution >= 4 is 11.9 Å². The number of carbonyl (C=O) groups is 2. The van der Waals surface area contributed by atoms with E-state index in [0.29, 0.717) is 0 Å². The fourth-order valence-electron chi connectivity index (χ4n) is 3.08. The molecule has 29 heavy (non-hydrogen) atoms. The number of nitrogens with zero attached hydrogens (tertiary/aromatic N) is 1. The SMILES string of the molecule is COCN1C(C(F)(F)F)=C(C(=O)OC)C(CC(C)C)=C(C(=O)OC)C1C(F)(F)F. The van der Waals surface area contributed by atoms with Gasteiger partial charge in [-0.05, 0) is 17.9 Å². The number of ether oxygens (including phenoxy) is 3. The van der Waals surface area contributed by atoms with Gasteiger partial charge < -0.3 is 19.1 Å². The third-order valence-electron chi connectivity index (χ3n) is 3.99. The Bertz CT molecular complexity index is 708. The monoisotopic (exact) mass is 433 g/mol. The van der Waals surface area contributed by atoms with E-state index in [1.165, 1.54) is 13.8 Å². The molecular weight excluding hydrogens is 412 g/mol. The number of esters is 2. The van der Waals surface area contributed by atoms with Crippen LogP contribution in [-0.4, -0.2) is 63.3 Å². The Hall–Kier alpha value is -2.24. The molecule has 12 heteroatoms. The zero-order valence-corrected chi connectivity index (χ0v) is 16.3. The number of alkyl halides is 6. The normalized spacial score (nSPS) is 18.5. The van der Waals surface area contributed by atoms with Gasteiger partial charge in [-0.1, -0.05) is 13.8 Å². The third kappa shape index (κ3) is 5.22. The molecule has 0 aromatic heterocycles. The molecule has 0 bridgehead atoms. The van der Waals surface area contributed by atoms with Crippen LogP contribution in [0.3, 0.4) is 0 Å². The van der Waals surface area contributed by atoms with E-state index in [4.69, 9.17) is 0 Å². The van der Waals surface area contributed by atoms with Crippen LogP contribution in [0.2, 0.25) is 0 Å². The lowest BCUT2D eigenvalue weighted by Gasteiger charge is -2.42. The van der Waals surface area contributed by atoms with Crippen LogP contribution in [0, 0.1) is 5.92 Å². The summed E-state index contributed by atoms with van der Waals surface area (Å²) >= 11 is 0. The first-order chi connectivity index (χ1) is 13.2. The average molecular weight is 433 g/mol. The van der Waals surface area contributed by atoms with Gasteiger partial charge in [0.15, 0.2) is 6.04 Å². The number of carbonyl (C=O) groups excluding carboxylic acids is 2. The Morgan fingerprint density at radius 2 is 1.52 bits per heavy atom. The molecule has 1 rings (SSSR count). The molecule has 1 heterocycles. The quantitative estimate of drug-likeness (QED) is 0.473. The number of hydrogen-bond donors (Lipinski definition) is 0. The summed E-state index contributed by atoms with van der Waals surface area (Å²) in [6.07, 6.45) is -11.1. The van der Waals surface area contributed by atoms with Crippen LogP contribution >= 0.6 is 0 Å². The van der Waals surface area contributed by atoms with E-state index in [-0.39, 0.29) is 4.90 Å². The maximum atomic E-state index is 13.9. The predicted octanol–water partition coefficient (Wildman–Crippen LogP) is 3.34. The summed E-state index contributed by atoms with van der Waals surface area (Å²) in [6, 6.07) is -3.03. The zero-order valence-electron chi connectivity index (χ0n) is 16.3. The molecule has 1 aliphatic rings. The van der Waals surface area contributed by atoms with E-state index in [0.717, 1.165) is 21.3 Å². The Labute approximate surface area is 163 Å². The minimum atomic E-state index is -5.38. The van der Waals surface area contributed by atoms with E-state index in [2.05, 4.69) is 14.2 Å². The minimum absolute atomic E-state index is 0.220. The number of methoxy groups -OCH3 is 3. The second-order valence-electron chi connectivity index (χ2n) is 6.53. The van der Waals surface area contributed by atoms with Crippen molar-refractivity contribution in [3.8, 4) is 0 Å². The van der Waals surface area contributed by atoms with Gasteiger partial charge in [0.05, 0.1) is 25.4 Å². The summed E-state index contributed by atoms with van der Waals surface area (Å²) in [4.78, 5) is 24.3. The zero-order chi connectivity index (χ0) is 22.7. The van der Waals surface area contributed by atoms with E-state index >= 15 is 0 Å². The van der Waals surface area contributed by atoms with Gasteiger partial charge in [-0.3, -0.25) is 0 Å². The molecule has 0 saturated heterocycles. The van der Waals surface area contributed by atoms with Crippen molar-refractivity contribution in [1.29, 1.82) is 0 Å². The lowest BCUT2D eigenvalue weighted by molar-refractivity contribution is -0.198. The van der Waals surface area contributed by atoms with Crippen LogP contribution in [0.5, 0.6) is 0 Å². The van der Waals surface area contributed by atoms with Crippen molar-refractivity contribution in [2.75, 3.05) is 28.1 Å². The molecule has 6 nitrogen and oxygen atoms in total. The molecule has 0 N–H and O–H groups in total. The molecule has 0 amide bonds. The molecule has 0 fully saturated rings. The molecule has 0 saturated carbocycles. The van der Waals surface area contributed by atoms with E-state index in [1.807, 2.05) is 0 Å². The first-order valence-corrected chi connectivity index (χ1v) is 8.26. The van der Waals surface area contributed by atoms with Gasteiger partial charge in [-0.2, -0.15) is 26.3 Å². The standard InChI is InChI=1S/C17H21F6NO5/c1-8(2)6-9-10(14(25)28-4)12(16(18,19)20)24(7-27-3)13(17(21,22)23)11(9)15(26)29-5/h8,12H,6-7H2,1-5H3. The lowest BCUT2D eigenvalue weighted by atomic mass is 9.83. The second kappa shape index (κ2) is 9.06. The van der Waals surface area contributed by atoms with Crippen molar-refractivity contribution in [3.05, 3.63) is 22.4 Å². The Morgan fingerprint density at radius 1 is 1.00 bits per heavy atom. The Morgan fingerprint density at radius 3 is 1.86 bits per heavy atom. The number of halogens is 6. The van der Waals surface area contributed by atoms with Crippen molar-refractivity contribution < 1.29 is 50.1 Å². The summed E-state index contributed by atoms with van der Waals surface area (Å²) in [7, 11) is 2.45. The molecule has 1 atom stereocenters. The highest BCUT2D eigenvalue weighted by Crippen LogP contribution is 2.47. The molecule has 1 unspecified atom stereocenters. The maximum absolute atomic E-state index is 13.9. The van der Waals surface area contributed by atoms with Gasteiger partial charge in [0.1, 0.15) is 12.4 Å².